The van der Waals surface area contributed by atoms with Gasteiger partial charge in [-0.25, -0.2) is 0 Å². The normalized spacial score (nSPS) is 20.0. The van der Waals surface area contributed by atoms with Crippen molar-refractivity contribution in [2.75, 3.05) is 0 Å². The van der Waals surface area contributed by atoms with Crippen molar-refractivity contribution in [1.82, 2.24) is 10.3 Å². The van der Waals surface area contributed by atoms with E-state index in [-0.39, 0.29) is 35.2 Å². The zero-order chi connectivity index (χ0) is 15.7. The Kier molecular flexibility index (Phi) is 5.99. The highest BCUT2D eigenvalue weighted by molar-refractivity contribution is 5.94. The number of nitrogens with zero attached hydrogens (tertiary/aromatic N) is 1. The molecule has 0 atom stereocenters. The molecule has 1 aromatic rings. The summed E-state index contributed by atoms with van der Waals surface area (Å²) in [4.78, 5) is 16.6. The Hall–Kier alpha value is -1.13. The van der Waals surface area contributed by atoms with Crippen LogP contribution in [0.1, 0.15) is 63.0 Å². The van der Waals surface area contributed by atoms with Crippen molar-refractivity contribution in [3.8, 4) is 0 Å². The third-order valence-corrected chi connectivity index (χ3v) is 4.18. The Bertz CT molecular complexity index is 512. The molecule has 0 unspecified atom stereocenters. The number of rotatable bonds is 3. The first-order valence-corrected chi connectivity index (χ1v) is 7.67. The number of carbonyl (C=O) groups excluding carboxylic acids is 1. The van der Waals surface area contributed by atoms with Gasteiger partial charge >= 0.3 is 0 Å². The number of pyridine rings is 1. The maximum absolute atomic E-state index is 12.4. The quantitative estimate of drug-likeness (QED) is 0.896. The van der Waals surface area contributed by atoms with Crippen molar-refractivity contribution in [2.24, 2.45) is 16.6 Å². The first-order chi connectivity index (χ1) is 9.71. The third kappa shape index (κ3) is 4.96. The Labute approximate surface area is 139 Å². The molecule has 0 saturated heterocycles. The lowest BCUT2D eigenvalue weighted by atomic mass is 9.63. The second-order valence-electron chi connectivity index (χ2n) is 7.82. The lowest BCUT2D eigenvalue weighted by Crippen LogP contribution is -2.46. The van der Waals surface area contributed by atoms with Crippen LogP contribution in [0.3, 0.4) is 0 Å². The molecule has 0 spiro atoms. The fraction of sp³-hybridized carbons (Fsp3) is 0.647. The number of halogens is 1. The minimum Gasteiger partial charge on any atom is -0.349 e. The van der Waals surface area contributed by atoms with Gasteiger partial charge in [-0.1, -0.05) is 27.7 Å². The predicted molar refractivity (Wildman–Crippen MR) is 92.0 cm³/mol. The van der Waals surface area contributed by atoms with Crippen LogP contribution >= 0.6 is 12.4 Å². The molecule has 1 amide bonds. The molecule has 1 aromatic heterocycles. The van der Waals surface area contributed by atoms with E-state index in [9.17, 15) is 4.79 Å². The van der Waals surface area contributed by atoms with Crippen LogP contribution in [0.15, 0.2) is 18.3 Å². The van der Waals surface area contributed by atoms with Crippen LogP contribution in [-0.4, -0.2) is 16.9 Å². The van der Waals surface area contributed by atoms with E-state index in [1.54, 1.807) is 18.3 Å². The largest absolute Gasteiger partial charge is 0.349 e. The van der Waals surface area contributed by atoms with E-state index in [0.717, 1.165) is 18.5 Å². The first kappa shape index (κ1) is 18.9. The van der Waals surface area contributed by atoms with Crippen LogP contribution in [0.4, 0.5) is 0 Å². The molecule has 22 heavy (non-hydrogen) atoms. The SMILES string of the molecule is CC1(C)CC(NC(=O)c2ccnc(CN)c2)CC(C)(C)C1.Cl. The zero-order valence-electron chi connectivity index (χ0n) is 14.0. The Morgan fingerprint density at radius 2 is 1.91 bits per heavy atom. The topological polar surface area (TPSA) is 68.0 Å². The van der Waals surface area contributed by atoms with Gasteiger partial charge in [-0.15, -0.1) is 12.4 Å². The van der Waals surface area contributed by atoms with Gasteiger partial charge in [0, 0.05) is 24.3 Å². The molecule has 3 N–H and O–H groups in total. The summed E-state index contributed by atoms with van der Waals surface area (Å²) in [6.45, 7) is 9.49. The second kappa shape index (κ2) is 6.97. The zero-order valence-corrected chi connectivity index (χ0v) is 14.8. The van der Waals surface area contributed by atoms with Gasteiger partial charge in [0.1, 0.15) is 0 Å². The number of nitrogens with two attached hydrogens (primary N) is 1. The first-order valence-electron chi connectivity index (χ1n) is 7.67. The summed E-state index contributed by atoms with van der Waals surface area (Å²) in [5.74, 6) is -0.0226. The van der Waals surface area contributed by atoms with Gasteiger partial charge in [0.15, 0.2) is 0 Å². The molecule has 1 fully saturated rings. The minimum absolute atomic E-state index is 0. The van der Waals surface area contributed by atoms with Gasteiger partial charge in [0.2, 0.25) is 0 Å². The van der Waals surface area contributed by atoms with Crippen molar-refractivity contribution in [3.05, 3.63) is 29.6 Å². The molecule has 124 valence electrons. The maximum Gasteiger partial charge on any atom is 0.251 e. The van der Waals surface area contributed by atoms with Crippen LogP contribution in [0.5, 0.6) is 0 Å². The number of amides is 1. The van der Waals surface area contributed by atoms with Crippen molar-refractivity contribution < 1.29 is 4.79 Å². The number of nitrogens with one attached hydrogen (secondary N) is 1. The number of hydrogen-bond acceptors (Lipinski definition) is 3. The van der Waals surface area contributed by atoms with E-state index in [4.69, 9.17) is 5.73 Å². The summed E-state index contributed by atoms with van der Waals surface area (Å²) in [5.41, 5.74) is 7.50. The summed E-state index contributed by atoms with van der Waals surface area (Å²) in [6, 6.07) is 3.74. The van der Waals surface area contributed by atoms with Crippen LogP contribution < -0.4 is 11.1 Å². The predicted octanol–water partition coefficient (Wildman–Crippen LogP) is 3.30. The van der Waals surface area contributed by atoms with Crippen LogP contribution in [0, 0.1) is 10.8 Å². The molecule has 1 heterocycles. The molecule has 0 aliphatic heterocycles. The summed E-state index contributed by atoms with van der Waals surface area (Å²) < 4.78 is 0. The molecule has 1 saturated carbocycles. The summed E-state index contributed by atoms with van der Waals surface area (Å²) in [7, 11) is 0. The standard InChI is InChI=1S/C17H27N3O.ClH/c1-16(2)8-14(9-17(3,4)11-16)20-15(21)12-5-6-19-13(7-12)10-18;/h5-7,14H,8-11,18H2,1-4H3,(H,20,21);1H. The van der Waals surface area contributed by atoms with E-state index in [2.05, 4.69) is 38.0 Å². The fourth-order valence-corrected chi connectivity index (χ4v) is 3.95. The molecule has 1 aliphatic rings. The van der Waals surface area contributed by atoms with Crippen molar-refractivity contribution in [3.63, 3.8) is 0 Å². The summed E-state index contributed by atoms with van der Waals surface area (Å²) in [5, 5.41) is 3.19. The highest BCUT2D eigenvalue weighted by atomic mass is 35.5. The molecular formula is C17H28ClN3O. The summed E-state index contributed by atoms with van der Waals surface area (Å²) >= 11 is 0. The van der Waals surface area contributed by atoms with Gasteiger partial charge in [0.05, 0.1) is 5.69 Å². The fourth-order valence-electron chi connectivity index (χ4n) is 3.95. The lowest BCUT2D eigenvalue weighted by Gasteiger charge is -2.45. The molecular weight excluding hydrogens is 298 g/mol. The molecule has 5 heteroatoms. The molecule has 1 aliphatic carbocycles. The number of aromatic nitrogens is 1. The van der Waals surface area contributed by atoms with Crippen LogP contribution in [0.25, 0.3) is 0 Å². The number of hydrogen-bond donors (Lipinski definition) is 2. The smallest absolute Gasteiger partial charge is 0.251 e. The Morgan fingerprint density at radius 3 is 2.45 bits per heavy atom. The van der Waals surface area contributed by atoms with E-state index in [1.807, 2.05) is 0 Å². The minimum atomic E-state index is -0.0226. The maximum atomic E-state index is 12.4. The van der Waals surface area contributed by atoms with Gasteiger partial charge in [0.25, 0.3) is 5.91 Å². The highest BCUT2D eigenvalue weighted by Gasteiger charge is 2.38. The molecule has 2 rings (SSSR count). The van der Waals surface area contributed by atoms with Crippen molar-refractivity contribution >= 4 is 18.3 Å². The van der Waals surface area contributed by atoms with Crippen LogP contribution in [-0.2, 0) is 6.54 Å². The summed E-state index contributed by atoms with van der Waals surface area (Å²) in [6.07, 6.45) is 4.89. The van der Waals surface area contributed by atoms with Gasteiger partial charge in [-0.05, 0) is 42.2 Å². The van der Waals surface area contributed by atoms with E-state index in [0.29, 0.717) is 12.1 Å². The van der Waals surface area contributed by atoms with Crippen LogP contribution in [0.2, 0.25) is 0 Å². The average Bonchev–Trinajstić information content (AvgIpc) is 2.35. The van der Waals surface area contributed by atoms with E-state index < -0.39 is 0 Å². The highest BCUT2D eigenvalue weighted by Crippen LogP contribution is 2.45. The second-order valence-corrected chi connectivity index (χ2v) is 7.82. The van der Waals surface area contributed by atoms with Gasteiger partial charge < -0.3 is 11.1 Å². The lowest BCUT2D eigenvalue weighted by molar-refractivity contribution is 0.0713. The Balaban J connectivity index is 0.00000242. The van der Waals surface area contributed by atoms with E-state index in [1.165, 1.54) is 6.42 Å². The van der Waals surface area contributed by atoms with E-state index >= 15 is 0 Å². The molecule has 0 aromatic carbocycles. The molecule has 0 bridgehead atoms. The van der Waals surface area contributed by atoms with Crippen molar-refractivity contribution in [1.29, 1.82) is 0 Å². The Morgan fingerprint density at radius 1 is 1.32 bits per heavy atom. The molecule has 4 nitrogen and oxygen atoms in total. The van der Waals surface area contributed by atoms with Crippen molar-refractivity contribution in [2.45, 2.75) is 59.5 Å². The third-order valence-electron chi connectivity index (χ3n) is 4.18. The average molecular weight is 326 g/mol. The van der Waals surface area contributed by atoms with Gasteiger partial charge in [-0.3, -0.25) is 9.78 Å². The van der Waals surface area contributed by atoms with Gasteiger partial charge in [-0.2, -0.15) is 0 Å². The monoisotopic (exact) mass is 325 g/mol. The molecule has 0 radical (unpaired) electrons. The number of carbonyl (C=O) groups is 1.